The molecular formula is C22H21N7O3. The number of nitrogens with one attached hydrogen (secondary N) is 2. The van der Waals surface area contributed by atoms with Gasteiger partial charge in [-0.15, -0.1) is 0 Å². The van der Waals surface area contributed by atoms with Crippen LogP contribution in [-0.4, -0.2) is 29.3 Å². The molecule has 0 spiro atoms. The molecule has 10 heteroatoms. The van der Waals surface area contributed by atoms with E-state index in [1.165, 1.54) is 0 Å². The molecule has 0 bridgehead atoms. The summed E-state index contributed by atoms with van der Waals surface area (Å²) in [6, 6.07) is 15.6. The van der Waals surface area contributed by atoms with Crippen LogP contribution < -0.4 is 21.5 Å². The number of hydrogen-bond donors (Lipinski definition) is 3. The fourth-order valence-electron chi connectivity index (χ4n) is 2.98. The highest BCUT2D eigenvalue weighted by atomic mass is 16.2. The summed E-state index contributed by atoms with van der Waals surface area (Å²) in [6.07, 6.45) is -0.464. The Hall–Kier alpha value is -4.52. The van der Waals surface area contributed by atoms with E-state index < -0.39 is 30.1 Å². The van der Waals surface area contributed by atoms with Crippen molar-refractivity contribution in [3.05, 3.63) is 59.7 Å². The zero-order valence-corrected chi connectivity index (χ0v) is 17.5. The summed E-state index contributed by atoms with van der Waals surface area (Å²) >= 11 is 0. The monoisotopic (exact) mass is 431 g/mol. The number of nitrogens with zero attached hydrogens (tertiary/aromatic N) is 4. The van der Waals surface area contributed by atoms with Crippen molar-refractivity contribution in [3.63, 3.8) is 0 Å². The number of carbonyl (C=O) groups excluding carboxylic acids is 3. The normalized spacial score (nSPS) is 15.7. The highest BCUT2D eigenvalue weighted by Gasteiger charge is 2.42. The zero-order valence-electron chi connectivity index (χ0n) is 17.5. The number of amidine groups is 1. The van der Waals surface area contributed by atoms with Crippen molar-refractivity contribution in [3.8, 4) is 6.07 Å². The Kier molecular flexibility index (Phi) is 6.60. The summed E-state index contributed by atoms with van der Waals surface area (Å²) in [5.41, 5.74) is 10.7. The van der Waals surface area contributed by atoms with Gasteiger partial charge in [-0.25, -0.2) is 5.43 Å². The number of carbonyl (C=O) groups is 3. The molecular weight excluding hydrogens is 410 g/mol. The lowest BCUT2D eigenvalue weighted by Gasteiger charge is -2.16. The summed E-state index contributed by atoms with van der Waals surface area (Å²) in [5, 5.41) is 20.3. The van der Waals surface area contributed by atoms with E-state index in [0.717, 1.165) is 16.1 Å². The first-order valence-electron chi connectivity index (χ1n) is 9.66. The topological polar surface area (TPSA) is 153 Å². The molecule has 3 rings (SSSR count). The third kappa shape index (κ3) is 4.79. The van der Waals surface area contributed by atoms with Crippen molar-refractivity contribution in [2.75, 3.05) is 10.3 Å². The Labute approximate surface area is 184 Å². The van der Waals surface area contributed by atoms with Crippen LogP contribution in [0.3, 0.4) is 0 Å². The smallest absolute Gasteiger partial charge is 0.273 e. The van der Waals surface area contributed by atoms with Crippen LogP contribution >= 0.6 is 0 Å². The quantitative estimate of drug-likeness (QED) is 0.468. The number of anilines is 2. The Balaban J connectivity index is 1.93. The van der Waals surface area contributed by atoms with Gasteiger partial charge in [0, 0.05) is 5.69 Å². The van der Waals surface area contributed by atoms with Crippen molar-refractivity contribution < 1.29 is 14.4 Å². The van der Waals surface area contributed by atoms with Crippen LogP contribution in [0.4, 0.5) is 11.4 Å². The van der Waals surface area contributed by atoms with Gasteiger partial charge < -0.3 is 11.1 Å². The van der Waals surface area contributed by atoms with Gasteiger partial charge in [0.15, 0.2) is 0 Å². The van der Waals surface area contributed by atoms with Gasteiger partial charge in [0.1, 0.15) is 23.9 Å². The van der Waals surface area contributed by atoms with E-state index in [4.69, 9.17) is 11.0 Å². The SMILES string of the molecule is Cc1ccc(NC(=O)/C(=N\NC(=O)CC#N)C2C(=O)N(c3ccccc3)N=C2N)cc1C. The van der Waals surface area contributed by atoms with E-state index in [2.05, 4.69) is 20.9 Å². The van der Waals surface area contributed by atoms with Gasteiger partial charge >= 0.3 is 0 Å². The molecule has 1 heterocycles. The number of benzene rings is 2. The molecule has 0 radical (unpaired) electrons. The summed E-state index contributed by atoms with van der Waals surface area (Å²) in [7, 11) is 0. The molecule has 4 N–H and O–H groups in total. The lowest BCUT2D eigenvalue weighted by Crippen LogP contribution is -2.43. The van der Waals surface area contributed by atoms with Gasteiger partial charge in [-0.3, -0.25) is 14.4 Å². The van der Waals surface area contributed by atoms with Crippen LogP contribution in [0, 0.1) is 31.1 Å². The fourth-order valence-corrected chi connectivity index (χ4v) is 2.98. The van der Waals surface area contributed by atoms with Gasteiger partial charge in [0.05, 0.1) is 11.8 Å². The van der Waals surface area contributed by atoms with Crippen LogP contribution in [-0.2, 0) is 14.4 Å². The van der Waals surface area contributed by atoms with Crippen LogP contribution in [0.15, 0.2) is 58.7 Å². The van der Waals surface area contributed by atoms with E-state index in [1.807, 2.05) is 19.9 Å². The Morgan fingerprint density at radius 3 is 2.56 bits per heavy atom. The van der Waals surface area contributed by atoms with Crippen LogP contribution in [0.1, 0.15) is 17.5 Å². The van der Waals surface area contributed by atoms with Crippen LogP contribution in [0.5, 0.6) is 0 Å². The number of rotatable bonds is 6. The molecule has 1 aliphatic heterocycles. The minimum absolute atomic E-state index is 0.151. The molecule has 2 aromatic rings. The highest BCUT2D eigenvalue weighted by molar-refractivity contribution is 6.52. The molecule has 2 aromatic carbocycles. The highest BCUT2D eigenvalue weighted by Crippen LogP contribution is 2.24. The van der Waals surface area contributed by atoms with Crippen molar-refractivity contribution in [1.82, 2.24) is 5.43 Å². The third-order valence-electron chi connectivity index (χ3n) is 4.78. The average molecular weight is 431 g/mol. The molecule has 3 amide bonds. The lowest BCUT2D eigenvalue weighted by molar-refractivity contribution is -0.120. The molecule has 1 aliphatic rings. The van der Waals surface area contributed by atoms with E-state index in [0.29, 0.717) is 11.4 Å². The molecule has 0 fully saturated rings. The van der Waals surface area contributed by atoms with Crippen LogP contribution in [0.25, 0.3) is 0 Å². The maximum Gasteiger partial charge on any atom is 0.273 e. The van der Waals surface area contributed by atoms with Crippen molar-refractivity contribution in [1.29, 1.82) is 5.26 Å². The molecule has 1 atom stereocenters. The van der Waals surface area contributed by atoms with E-state index in [9.17, 15) is 14.4 Å². The van der Waals surface area contributed by atoms with Crippen molar-refractivity contribution in [2.24, 2.45) is 21.9 Å². The number of hydrazone groups is 2. The third-order valence-corrected chi connectivity index (χ3v) is 4.78. The van der Waals surface area contributed by atoms with E-state index in [-0.39, 0.29) is 11.5 Å². The van der Waals surface area contributed by atoms with Gasteiger partial charge in [0.25, 0.3) is 17.7 Å². The Morgan fingerprint density at radius 1 is 1.19 bits per heavy atom. The molecule has 32 heavy (non-hydrogen) atoms. The maximum atomic E-state index is 13.1. The van der Waals surface area contributed by atoms with Gasteiger partial charge in [-0.1, -0.05) is 24.3 Å². The summed E-state index contributed by atoms with van der Waals surface area (Å²) in [5.74, 6) is -3.54. The second kappa shape index (κ2) is 9.53. The predicted molar refractivity (Wildman–Crippen MR) is 119 cm³/mol. The predicted octanol–water partition coefficient (Wildman–Crippen LogP) is 1.56. The molecule has 1 unspecified atom stereocenters. The van der Waals surface area contributed by atoms with Crippen molar-refractivity contribution >= 4 is 40.6 Å². The van der Waals surface area contributed by atoms with Gasteiger partial charge in [-0.05, 0) is 49.2 Å². The average Bonchev–Trinajstić information content (AvgIpc) is 3.06. The first kappa shape index (κ1) is 22.2. The molecule has 10 nitrogen and oxygen atoms in total. The van der Waals surface area contributed by atoms with E-state index >= 15 is 0 Å². The van der Waals surface area contributed by atoms with Gasteiger partial charge in [0.2, 0.25) is 0 Å². The molecule has 0 saturated heterocycles. The zero-order chi connectivity index (χ0) is 23.3. The second-order valence-corrected chi connectivity index (χ2v) is 7.06. The first-order chi connectivity index (χ1) is 15.3. The minimum Gasteiger partial charge on any atom is -0.385 e. The second-order valence-electron chi connectivity index (χ2n) is 7.06. The number of amides is 3. The largest absolute Gasteiger partial charge is 0.385 e. The number of nitrogens with two attached hydrogens (primary N) is 1. The van der Waals surface area contributed by atoms with Gasteiger partial charge in [-0.2, -0.15) is 20.5 Å². The fraction of sp³-hybridized carbons (Fsp3) is 0.182. The lowest BCUT2D eigenvalue weighted by atomic mass is 10.0. The van der Waals surface area contributed by atoms with E-state index in [1.54, 1.807) is 48.5 Å². The Morgan fingerprint density at radius 2 is 1.91 bits per heavy atom. The molecule has 0 aromatic heterocycles. The number of para-hydroxylation sites is 1. The summed E-state index contributed by atoms with van der Waals surface area (Å²) in [4.78, 5) is 37.9. The molecule has 0 saturated carbocycles. The number of aryl methyl sites for hydroxylation is 2. The standard InChI is InChI=1S/C22H21N7O3/c1-13-8-9-15(12-14(13)2)25-21(31)19(27-26-17(30)10-11-23)18-20(24)28-29(22(18)32)16-6-4-3-5-7-16/h3-9,12,18H,10H2,1-2H3,(H2,24,28)(H,25,31)(H,26,30)/b27-19-. The molecule has 0 aliphatic carbocycles. The summed E-state index contributed by atoms with van der Waals surface area (Å²) < 4.78 is 0. The molecule has 162 valence electrons. The Bertz CT molecular complexity index is 1170. The van der Waals surface area contributed by atoms with Crippen molar-refractivity contribution in [2.45, 2.75) is 20.3 Å². The number of hydrogen-bond acceptors (Lipinski definition) is 7. The maximum absolute atomic E-state index is 13.1. The first-order valence-corrected chi connectivity index (χ1v) is 9.66. The summed E-state index contributed by atoms with van der Waals surface area (Å²) in [6.45, 7) is 3.83. The number of nitriles is 1. The van der Waals surface area contributed by atoms with Crippen LogP contribution in [0.2, 0.25) is 0 Å². The minimum atomic E-state index is -1.32.